The number of carbonyl (C=O) groups is 1. The van der Waals surface area contributed by atoms with Gasteiger partial charge in [-0.25, -0.2) is 4.79 Å². The summed E-state index contributed by atoms with van der Waals surface area (Å²) in [6.07, 6.45) is 4.54. The molecule has 2 aromatic heterocycles. The number of nitrogens with one attached hydrogen (secondary N) is 1. The Bertz CT molecular complexity index is 797. The SMILES string of the molecule is Cc1ccn(C)c(=O)c1NC(=O)N1CCC[C@@H]1C[C@@H](O)c1ccco1. The van der Waals surface area contributed by atoms with Crippen LogP contribution in [0.5, 0.6) is 0 Å². The van der Waals surface area contributed by atoms with Crippen molar-refractivity contribution in [1.29, 1.82) is 0 Å². The van der Waals surface area contributed by atoms with Gasteiger partial charge < -0.3 is 24.3 Å². The summed E-state index contributed by atoms with van der Waals surface area (Å²) in [5, 5.41) is 13.0. The van der Waals surface area contributed by atoms with Gasteiger partial charge in [0.15, 0.2) is 0 Å². The molecule has 3 rings (SSSR count). The lowest BCUT2D eigenvalue weighted by Crippen LogP contribution is -2.41. The fourth-order valence-electron chi connectivity index (χ4n) is 3.25. The van der Waals surface area contributed by atoms with Crippen molar-refractivity contribution in [2.24, 2.45) is 7.05 Å². The molecule has 0 spiro atoms. The molecule has 0 unspecified atom stereocenters. The summed E-state index contributed by atoms with van der Waals surface area (Å²) in [4.78, 5) is 26.6. The number of amides is 2. The van der Waals surface area contributed by atoms with Crippen molar-refractivity contribution in [3.63, 3.8) is 0 Å². The van der Waals surface area contributed by atoms with E-state index >= 15 is 0 Å². The monoisotopic (exact) mass is 345 g/mol. The largest absolute Gasteiger partial charge is 0.467 e. The maximum absolute atomic E-state index is 12.7. The number of hydrogen-bond donors (Lipinski definition) is 2. The van der Waals surface area contributed by atoms with Gasteiger partial charge in [-0.15, -0.1) is 0 Å². The topological polar surface area (TPSA) is 87.7 Å². The highest BCUT2D eigenvalue weighted by Gasteiger charge is 2.31. The molecule has 0 bridgehead atoms. The molecule has 0 aromatic carbocycles. The lowest BCUT2D eigenvalue weighted by atomic mass is 10.1. The van der Waals surface area contributed by atoms with Crippen LogP contribution in [0.4, 0.5) is 10.5 Å². The van der Waals surface area contributed by atoms with Gasteiger partial charge in [-0.3, -0.25) is 4.79 Å². The zero-order valence-corrected chi connectivity index (χ0v) is 14.4. The number of rotatable bonds is 4. The van der Waals surface area contributed by atoms with Gasteiger partial charge in [0.25, 0.3) is 5.56 Å². The molecule has 0 aliphatic carbocycles. The molecule has 7 heteroatoms. The Kier molecular flexibility index (Phi) is 4.94. The van der Waals surface area contributed by atoms with Gasteiger partial charge in [0.05, 0.1) is 6.26 Å². The van der Waals surface area contributed by atoms with Crippen molar-refractivity contribution >= 4 is 11.7 Å². The Labute approximate surface area is 145 Å². The molecule has 2 amide bonds. The van der Waals surface area contributed by atoms with E-state index in [0.717, 1.165) is 18.4 Å². The Hall–Kier alpha value is -2.54. The molecule has 0 radical (unpaired) electrons. The Morgan fingerprint density at radius 3 is 3.00 bits per heavy atom. The van der Waals surface area contributed by atoms with Crippen LogP contribution in [0.1, 0.15) is 36.7 Å². The molecule has 7 nitrogen and oxygen atoms in total. The van der Waals surface area contributed by atoms with Crippen molar-refractivity contribution in [2.45, 2.75) is 38.3 Å². The summed E-state index contributed by atoms with van der Waals surface area (Å²) in [6, 6.07) is 4.85. The molecule has 2 aromatic rings. The normalized spacial score (nSPS) is 18.4. The van der Waals surface area contributed by atoms with Gasteiger partial charge in [-0.2, -0.15) is 0 Å². The predicted molar refractivity (Wildman–Crippen MR) is 93.5 cm³/mol. The van der Waals surface area contributed by atoms with Crippen molar-refractivity contribution in [3.05, 3.63) is 52.3 Å². The van der Waals surface area contributed by atoms with Crippen LogP contribution in [-0.4, -0.2) is 33.2 Å². The van der Waals surface area contributed by atoms with Crippen LogP contribution in [0.2, 0.25) is 0 Å². The summed E-state index contributed by atoms with van der Waals surface area (Å²) in [6.45, 7) is 2.40. The Morgan fingerprint density at radius 2 is 2.28 bits per heavy atom. The quantitative estimate of drug-likeness (QED) is 0.891. The second kappa shape index (κ2) is 7.14. The van der Waals surface area contributed by atoms with E-state index in [0.29, 0.717) is 24.4 Å². The molecule has 25 heavy (non-hydrogen) atoms. The van der Waals surface area contributed by atoms with Crippen LogP contribution < -0.4 is 10.9 Å². The molecule has 1 aliphatic rings. The summed E-state index contributed by atoms with van der Waals surface area (Å²) in [5.74, 6) is 0.500. The molecule has 0 saturated carbocycles. The molecular weight excluding hydrogens is 322 g/mol. The van der Waals surface area contributed by atoms with E-state index in [1.165, 1.54) is 10.8 Å². The van der Waals surface area contributed by atoms with Gasteiger partial charge >= 0.3 is 6.03 Å². The zero-order chi connectivity index (χ0) is 18.0. The maximum atomic E-state index is 12.7. The number of aromatic nitrogens is 1. The third kappa shape index (κ3) is 3.61. The third-order valence-corrected chi connectivity index (χ3v) is 4.71. The standard InChI is InChI=1S/C18H23N3O4/c1-12-7-9-20(2)17(23)16(12)19-18(24)21-8-3-5-13(21)11-14(22)15-6-4-10-25-15/h4,6-7,9-10,13-14,22H,3,5,8,11H2,1-2H3,(H,19,24)/t13-,14-/m1/s1. The fraction of sp³-hybridized carbons (Fsp3) is 0.444. The van der Waals surface area contributed by atoms with Gasteiger partial charge in [0.2, 0.25) is 0 Å². The Morgan fingerprint density at radius 1 is 1.48 bits per heavy atom. The average Bonchev–Trinajstić information content (AvgIpc) is 3.26. The van der Waals surface area contributed by atoms with Gasteiger partial charge in [-0.1, -0.05) is 0 Å². The minimum absolute atomic E-state index is 0.0898. The average molecular weight is 345 g/mol. The van der Waals surface area contributed by atoms with Crippen molar-refractivity contribution < 1.29 is 14.3 Å². The summed E-state index contributed by atoms with van der Waals surface area (Å²) in [7, 11) is 1.65. The highest BCUT2D eigenvalue weighted by molar-refractivity contribution is 5.90. The molecule has 3 heterocycles. The Balaban J connectivity index is 1.71. The molecule has 134 valence electrons. The number of anilines is 1. The first-order valence-electron chi connectivity index (χ1n) is 8.42. The van der Waals surface area contributed by atoms with E-state index in [1.54, 1.807) is 43.3 Å². The lowest BCUT2D eigenvalue weighted by Gasteiger charge is -2.26. The van der Waals surface area contributed by atoms with E-state index in [-0.39, 0.29) is 17.6 Å². The number of pyridine rings is 1. The summed E-state index contributed by atoms with van der Waals surface area (Å²) >= 11 is 0. The molecule has 2 atom stereocenters. The van der Waals surface area contributed by atoms with E-state index in [4.69, 9.17) is 4.42 Å². The predicted octanol–water partition coefficient (Wildman–Crippen LogP) is 2.41. The smallest absolute Gasteiger partial charge is 0.322 e. The van der Waals surface area contributed by atoms with Crippen molar-refractivity contribution in [1.82, 2.24) is 9.47 Å². The summed E-state index contributed by atoms with van der Waals surface area (Å²) in [5.41, 5.74) is 0.787. The first kappa shape index (κ1) is 17.3. The number of nitrogens with zero attached hydrogens (tertiary/aromatic N) is 2. The number of carbonyl (C=O) groups excluding carboxylic acids is 1. The summed E-state index contributed by atoms with van der Waals surface area (Å²) < 4.78 is 6.66. The van der Waals surface area contributed by atoms with Crippen LogP contribution in [-0.2, 0) is 7.05 Å². The molecule has 1 aliphatic heterocycles. The second-order valence-corrected chi connectivity index (χ2v) is 6.48. The highest BCUT2D eigenvalue weighted by Crippen LogP contribution is 2.28. The van der Waals surface area contributed by atoms with Crippen LogP contribution in [0, 0.1) is 6.92 Å². The number of hydrogen-bond acceptors (Lipinski definition) is 4. The number of aliphatic hydroxyl groups excluding tert-OH is 1. The van der Waals surface area contributed by atoms with Gasteiger partial charge in [-0.05, 0) is 43.5 Å². The maximum Gasteiger partial charge on any atom is 0.322 e. The highest BCUT2D eigenvalue weighted by atomic mass is 16.4. The third-order valence-electron chi connectivity index (χ3n) is 4.71. The van der Waals surface area contributed by atoms with Crippen molar-refractivity contribution in [2.75, 3.05) is 11.9 Å². The van der Waals surface area contributed by atoms with E-state index < -0.39 is 6.10 Å². The van der Waals surface area contributed by atoms with Crippen molar-refractivity contribution in [3.8, 4) is 0 Å². The number of furan rings is 1. The number of urea groups is 1. The van der Waals surface area contributed by atoms with E-state index in [1.807, 2.05) is 0 Å². The zero-order valence-electron chi connectivity index (χ0n) is 14.4. The first-order valence-corrected chi connectivity index (χ1v) is 8.42. The first-order chi connectivity index (χ1) is 12.0. The molecule has 2 N–H and O–H groups in total. The van der Waals surface area contributed by atoms with Crippen LogP contribution in [0.15, 0.2) is 39.9 Å². The lowest BCUT2D eigenvalue weighted by molar-refractivity contribution is 0.110. The van der Waals surface area contributed by atoms with E-state index in [2.05, 4.69) is 5.32 Å². The van der Waals surface area contributed by atoms with Crippen LogP contribution in [0.3, 0.4) is 0 Å². The second-order valence-electron chi connectivity index (χ2n) is 6.48. The number of aryl methyl sites for hydroxylation is 2. The van der Waals surface area contributed by atoms with Crippen LogP contribution >= 0.6 is 0 Å². The molecular formula is C18H23N3O4. The number of aliphatic hydroxyl groups is 1. The number of likely N-dealkylation sites (tertiary alicyclic amines) is 1. The van der Waals surface area contributed by atoms with Gasteiger partial charge in [0, 0.05) is 32.3 Å². The minimum atomic E-state index is -0.750. The van der Waals surface area contributed by atoms with E-state index in [9.17, 15) is 14.7 Å². The minimum Gasteiger partial charge on any atom is -0.467 e. The van der Waals surface area contributed by atoms with Gasteiger partial charge in [0.1, 0.15) is 17.6 Å². The van der Waals surface area contributed by atoms with Crippen LogP contribution in [0.25, 0.3) is 0 Å². The molecule has 1 fully saturated rings. The fourth-order valence-corrected chi connectivity index (χ4v) is 3.25. The molecule has 1 saturated heterocycles.